The number of carbonyl (C=O) groups excluding carboxylic acids is 1. The fraction of sp³-hybridized carbons (Fsp3) is 0.192. The zero-order valence-corrected chi connectivity index (χ0v) is 20.6. The summed E-state index contributed by atoms with van der Waals surface area (Å²) in [4.78, 5) is 29.5. The van der Waals surface area contributed by atoms with E-state index in [2.05, 4.69) is 10.3 Å². The monoisotopic (exact) mass is 508 g/mol. The van der Waals surface area contributed by atoms with Gasteiger partial charge in [-0.2, -0.15) is 0 Å². The molecule has 2 aromatic carbocycles. The Balaban J connectivity index is 1.56. The molecule has 7 nitrogen and oxygen atoms in total. The number of nitrogens with zero attached hydrogens (tertiary/aromatic N) is 1. The molecule has 180 valence electrons. The SMILES string of the molecule is COC[C@H](Cc1ccc(O)cc1)NC(=O)c1cc(C(=O)O)c2cc(CSc3cccs3)ccc2n1. The van der Waals surface area contributed by atoms with Gasteiger partial charge < -0.3 is 20.3 Å². The third-order valence-corrected chi connectivity index (χ3v) is 7.54. The number of carboxylic acids is 1. The number of methoxy groups -OCH3 is 1. The van der Waals surface area contributed by atoms with Gasteiger partial charge in [-0.3, -0.25) is 4.79 Å². The van der Waals surface area contributed by atoms with Gasteiger partial charge in [-0.25, -0.2) is 9.78 Å². The summed E-state index contributed by atoms with van der Waals surface area (Å²) in [6, 6.07) is 17.2. The Hall–Kier alpha value is -3.40. The largest absolute Gasteiger partial charge is 0.508 e. The van der Waals surface area contributed by atoms with Crippen molar-refractivity contribution in [2.24, 2.45) is 0 Å². The number of rotatable bonds is 10. The Morgan fingerprint density at radius 3 is 2.57 bits per heavy atom. The van der Waals surface area contributed by atoms with Crippen LogP contribution in [0, 0.1) is 0 Å². The van der Waals surface area contributed by atoms with Crippen molar-refractivity contribution in [1.29, 1.82) is 0 Å². The maximum Gasteiger partial charge on any atom is 0.336 e. The number of fused-ring (bicyclic) bond motifs is 1. The molecule has 2 aromatic heterocycles. The second-order valence-corrected chi connectivity index (χ2v) is 10.2. The van der Waals surface area contributed by atoms with E-state index in [1.54, 1.807) is 60.5 Å². The third kappa shape index (κ3) is 6.39. The lowest BCUT2D eigenvalue weighted by Gasteiger charge is -2.18. The van der Waals surface area contributed by atoms with Gasteiger partial charge >= 0.3 is 5.97 Å². The van der Waals surface area contributed by atoms with Crippen molar-refractivity contribution >= 4 is 45.9 Å². The van der Waals surface area contributed by atoms with Gasteiger partial charge in [0.2, 0.25) is 0 Å². The Labute approximate surface area is 210 Å². The second kappa shape index (κ2) is 11.4. The molecule has 0 radical (unpaired) electrons. The van der Waals surface area contributed by atoms with Gasteiger partial charge in [-0.1, -0.05) is 24.3 Å². The van der Waals surface area contributed by atoms with Crippen LogP contribution in [-0.2, 0) is 16.9 Å². The molecule has 0 aliphatic heterocycles. The van der Waals surface area contributed by atoms with Crippen molar-refractivity contribution in [3.8, 4) is 5.75 Å². The van der Waals surface area contributed by atoms with E-state index in [0.717, 1.165) is 11.1 Å². The summed E-state index contributed by atoms with van der Waals surface area (Å²) >= 11 is 3.34. The summed E-state index contributed by atoms with van der Waals surface area (Å²) in [7, 11) is 1.54. The van der Waals surface area contributed by atoms with E-state index in [-0.39, 0.29) is 29.7 Å². The molecule has 0 fully saturated rings. The zero-order valence-electron chi connectivity index (χ0n) is 18.9. The Kier molecular flexibility index (Phi) is 8.02. The van der Waals surface area contributed by atoms with Crippen LogP contribution in [0.1, 0.15) is 32.0 Å². The minimum absolute atomic E-state index is 0.0300. The lowest BCUT2D eigenvalue weighted by molar-refractivity contribution is 0.0699. The smallest absolute Gasteiger partial charge is 0.336 e. The first kappa shape index (κ1) is 24.7. The Morgan fingerprint density at radius 1 is 1.11 bits per heavy atom. The van der Waals surface area contributed by atoms with Gasteiger partial charge in [0.25, 0.3) is 5.91 Å². The molecule has 0 bridgehead atoms. The highest BCUT2D eigenvalue weighted by Crippen LogP contribution is 2.29. The molecule has 1 amide bonds. The number of thioether (sulfide) groups is 1. The fourth-order valence-corrected chi connectivity index (χ4v) is 5.41. The standard InChI is InChI=1S/C26H24N2O5S2/c1-33-14-18(11-16-4-7-19(29)8-5-16)27-25(30)23-13-21(26(31)32)20-12-17(6-9-22(20)28-23)15-35-24-3-2-10-34-24/h2-10,12-13,18,29H,11,14-15H2,1H3,(H,27,30)(H,31,32)/t18-/m0/s1. The maximum absolute atomic E-state index is 13.0. The van der Waals surface area contributed by atoms with Crippen LogP contribution in [0.15, 0.2) is 70.3 Å². The molecule has 0 saturated carbocycles. The summed E-state index contributed by atoms with van der Waals surface area (Å²) < 4.78 is 6.44. The first-order chi connectivity index (χ1) is 16.9. The number of aromatic hydroxyl groups is 1. The number of carbonyl (C=O) groups is 2. The highest BCUT2D eigenvalue weighted by Gasteiger charge is 2.20. The fourth-order valence-electron chi connectivity index (χ4n) is 3.68. The zero-order chi connectivity index (χ0) is 24.8. The Morgan fingerprint density at radius 2 is 1.89 bits per heavy atom. The second-order valence-electron chi connectivity index (χ2n) is 7.93. The molecule has 3 N–H and O–H groups in total. The molecule has 4 rings (SSSR count). The number of hydrogen-bond acceptors (Lipinski definition) is 7. The number of carboxylic acid groups (broad SMARTS) is 1. The van der Waals surface area contributed by atoms with Crippen LogP contribution in [-0.4, -0.2) is 46.8 Å². The van der Waals surface area contributed by atoms with Crippen molar-refractivity contribution in [3.63, 3.8) is 0 Å². The number of nitrogens with one attached hydrogen (secondary N) is 1. The number of ether oxygens (including phenoxy) is 1. The number of aromatic nitrogens is 1. The molecule has 4 aromatic rings. The lowest BCUT2D eigenvalue weighted by Crippen LogP contribution is -2.40. The van der Waals surface area contributed by atoms with Crippen molar-refractivity contribution in [2.75, 3.05) is 13.7 Å². The number of benzene rings is 2. The van der Waals surface area contributed by atoms with Gasteiger partial charge in [-0.05, 0) is 59.3 Å². The van der Waals surface area contributed by atoms with Crippen LogP contribution in [0.2, 0.25) is 0 Å². The van der Waals surface area contributed by atoms with Crippen molar-refractivity contribution in [2.45, 2.75) is 22.4 Å². The molecular formula is C26H24N2O5S2. The maximum atomic E-state index is 13.0. The number of thiophene rings is 1. The minimum Gasteiger partial charge on any atom is -0.508 e. The van der Waals surface area contributed by atoms with Gasteiger partial charge in [0, 0.05) is 18.2 Å². The molecule has 35 heavy (non-hydrogen) atoms. The van der Waals surface area contributed by atoms with E-state index in [1.807, 2.05) is 29.6 Å². The average Bonchev–Trinajstić information content (AvgIpc) is 3.37. The van der Waals surface area contributed by atoms with Crippen LogP contribution in [0.4, 0.5) is 0 Å². The summed E-state index contributed by atoms with van der Waals surface area (Å²) in [6.07, 6.45) is 0.477. The number of amides is 1. The molecule has 0 aliphatic rings. The van der Waals surface area contributed by atoms with Gasteiger partial charge in [0.15, 0.2) is 0 Å². The predicted octanol–water partition coefficient (Wildman–Crippen LogP) is 4.98. The molecule has 0 saturated heterocycles. The molecule has 0 unspecified atom stereocenters. The first-order valence-corrected chi connectivity index (χ1v) is 12.7. The normalized spacial score (nSPS) is 11.9. The topological polar surface area (TPSA) is 109 Å². The van der Waals surface area contributed by atoms with E-state index in [0.29, 0.717) is 23.1 Å². The van der Waals surface area contributed by atoms with E-state index < -0.39 is 11.9 Å². The van der Waals surface area contributed by atoms with Crippen LogP contribution in [0.3, 0.4) is 0 Å². The highest BCUT2D eigenvalue weighted by molar-refractivity contribution is 8.00. The van der Waals surface area contributed by atoms with E-state index in [4.69, 9.17) is 4.74 Å². The minimum atomic E-state index is -1.12. The predicted molar refractivity (Wildman–Crippen MR) is 138 cm³/mol. The number of phenols is 1. The quantitative estimate of drug-likeness (QED) is 0.259. The molecule has 2 heterocycles. The van der Waals surface area contributed by atoms with Crippen molar-refractivity contribution in [1.82, 2.24) is 10.3 Å². The highest BCUT2D eigenvalue weighted by atomic mass is 32.2. The summed E-state index contributed by atoms with van der Waals surface area (Å²) in [5.74, 6) is -0.733. The van der Waals surface area contributed by atoms with Crippen LogP contribution < -0.4 is 5.32 Å². The molecular weight excluding hydrogens is 484 g/mol. The van der Waals surface area contributed by atoms with Crippen molar-refractivity contribution in [3.05, 3.63) is 88.4 Å². The molecule has 1 atom stereocenters. The summed E-state index contributed by atoms with van der Waals surface area (Å²) in [6.45, 7) is 0.261. The number of phenolic OH excluding ortho intramolecular Hbond substituents is 1. The van der Waals surface area contributed by atoms with Crippen LogP contribution >= 0.6 is 23.1 Å². The molecule has 0 aliphatic carbocycles. The average molecular weight is 509 g/mol. The number of aromatic carboxylic acids is 1. The van der Waals surface area contributed by atoms with E-state index in [9.17, 15) is 19.8 Å². The lowest BCUT2D eigenvalue weighted by atomic mass is 10.0. The third-order valence-electron chi connectivity index (χ3n) is 5.33. The van der Waals surface area contributed by atoms with Gasteiger partial charge in [0.1, 0.15) is 11.4 Å². The van der Waals surface area contributed by atoms with E-state index >= 15 is 0 Å². The molecule has 0 spiro atoms. The number of pyridine rings is 1. The summed E-state index contributed by atoms with van der Waals surface area (Å²) in [5.41, 5.74) is 2.40. The van der Waals surface area contributed by atoms with Gasteiger partial charge in [-0.15, -0.1) is 23.1 Å². The van der Waals surface area contributed by atoms with E-state index in [1.165, 1.54) is 10.3 Å². The van der Waals surface area contributed by atoms with Gasteiger partial charge in [0.05, 0.1) is 27.9 Å². The molecule has 9 heteroatoms. The number of hydrogen-bond donors (Lipinski definition) is 3. The van der Waals surface area contributed by atoms with Crippen LogP contribution in [0.5, 0.6) is 5.75 Å². The Bertz CT molecular complexity index is 1320. The summed E-state index contributed by atoms with van der Waals surface area (Å²) in [5, 5.41) is 24.7. The van der Waals surface area contributed by atoms with Crippen LogP contribution in [0.25, 0.3) is 10.9 Å². The van der Waals surface area contributed by atoms with Crippen molar-refractivity contribution < 1.29 is 24.5 Å². The first-order valence-electron chi connectivity index (χ1n) is 10.8.